The van der Waals surface area contributed by atoms with Gasteiger partial charge in [-0.3, -0.25) is 14.1 Å². The van der Waals surface area contributed by atoms with Crippen LogP contribution >= 0.6 is 0 Å². The molecule has 8 rings (SSSR count). The van der Waals surface area contributed by atoms with Gasteiger partial charge in [0.25, 0.3) is 6.33 Å². The Kier molecular flexibility index (Phi) is 7.79. The fraction of sp³-hybridized carbons (Fsp3) is 0.205. The van der Waals surface area contributed by atoms with Gasteiger partial charge in [-0.15, -0.1) is 17.5 Å². The van der Waals surface area contributed by atoms with Crippen LogP contribution in [0.4, 0.5) is 0 Å². The van der Waals surface area contributed by atoms with E-state index in [1.54, 1.807) is 18.3 Å². The van der Waals surface area contributed by atoms with Crippen LogP contribution in [0, 0.1) is 25.3 Å². The molecule has 0 saturated heterocycles. The normalized spacial score (nSPS) is 13.2. The van der Waals surface area contributed by atoms with E-state index in [1.807, 2.05) is 57.7 Å². The second-order valence-corrected chi connectivity index (χ2v) is 14.7. The van der Waals surface area contributed by atoms with Gasteiger partial charge in [-0.1, -0.05) is 102 Å². The van der Waals surface area contributed by atoms with Crippen LogP contribution in [0.2, 0.25) is 0 Å². The zero-order valence-electron chi connectivity index (χ0n) is 32.4. The zero-order valence-corrected chi connectivity index (χ0v) is 31.6. The van der Waals surface area contributed by atoms with Crippen molar-refractivity contribution in [3.8, 4) is 28.8 Å². The average Bonchev–Trinajstić information content (AvgIpc) is 3.67. The summed E-state index contributed by atoms with van der Waals surface area (Å²) in [6, 6.07) is 38.5. The maximum absolute atomic E-state index is 7.97. The number of nitrogens with zero attached hydrogens (tertiary/aromatic N) is 5. The third-order valence-corrected chi connectivity index (χ3v) is 9.09. The molecular weight excluding hydrogens is 810 g/mol. The van der Waals surface area contributed by atoms with Crippen molar-refractivity contribution in [3.63, 3.8) is 0 Å². The zero-order chi connectivity index (χ0) is 37.3. The summed E-state index contributed by atoms with van der Waals surface area (Å²) in [4.78, 5) is 9.26. The van der Waals surface area contributed by atoms with E-state index >= 15 is 0 Å². The Bertz CT molecular complexity index is 2650. The Labute approximate surface area is 317 Å². The van der Waals surface area contributed by atoms with Crippen molar-refractivity contribution in [3.05, 3.63) is 145 Å². The van der Waals surface area contributed by atoms with Gasteiger partial charge in [-0.2, -0.15) is 18.2 Å². The van der Waals surface area contributed by atoms with Gasteiger partial charge in [0.2, 0.25) is 0 Å². The van der Waals surface area contributed by atoms with Crippen molar-refractivity contribution in [1.29, 1.82) is 0 Å². The summed E-state index contributed by atoms with van der Waals surface area (Å²) in [7, 11) is 0. The van der Waals surface area contributed by atoms with Crippen molar-refractivity contribution < 1.29 is 34.5 Å². The standard InChI is InChI=1S/C44H39N5O.Pt/c1-29-18-20-46-42(22-29)49-37-13-9-8-12-35(37)36-17-16-33(26-40(36)49)50-34-19-21-45-41(27-34)48-28-47(38-14-10-11-15-39(38)48)32-24-30(43(2,3)4)23-31(25-32)44(5,6)7;/h8-25H,1-7H3;/q-2;/i1D3;. The maximum Gasteiger partial charge on any atom is 0.269 e. The molecule has 0 fully saturated rings. The molecule has 0 unspecified atom stereocenters. The predicted octanol–water partition coefficient (Wildman–Crippen LogP) is 9.89. The van der Waals surface area contributed by atoms with Crippen molar-refractivity contribution >= 4 is 32.8 Å². The molecule has 4 aromatic heterocycles. The molecule has 0 aliphatic rings. The number of hydrogen-bond donors (Lipinski definition) is 0. The maximum atomic E-state index is 7.97. The summed E-state index contributed by atoms with van der Waals surface area (Å²) in [5, 5.41) is 1.94. The summed E-state index contributed by atoms with van der Waals surface area (Å²) < 4.78 is 36.2. The summed E-state index contributed by atoms with van der Waals surface area (Å²) >= 11 is 0. The first-order valence-corrected chi connectivity index (χ1v) is 16.8. The number of aromatic nitrogens is 5. The van der Waals surface area contributed by atoms with Gasteiger partial charge in [0, 0.05) is 42.6 Å². The second-order valence-electron chi connectivity index (χ2n) is 14.7. The molecule has 51 heavy (non-hydrogen) atoms. The van der Waals surface area contributed by atoms with Crippen molar-refractivity contribution in [2.45, 2.75) is 59.2 Å². The van der Waals surface area contributed by atoms with Crippen molar-refractivity contribution in [2.75, 3.05) is 0 Å². The number of aryl methyl sites for hydroxylation is 1. The molecule has 8 aromatic rings. The Morgan fingerprint density at radius 2 is 1.39 bits per heavy atom. The number of pyridine rings is 2. The number of imidazole rings is 1. The number of benzene rings is 4. The SMILES string of the molecule is [2H]C([2H])([2H])c1ccnc(-n2c3[c-]c(Oc4[c-]c(-n5[c-][n+](-c6cc(C(C)(C)C)cc(C(C)(C)C)c6)c6ccccc65)ncc4)ccc3c3ccccc32)c1.[Pt]. The minimum atomic E-state index is -2.27. The van der Waals surface area contributed by atoms with Crippen LogP contribution in [-0.2, 0) is 31.9 Å². The minimum absolute atomic E-state index is 0. The Morgan fingerprint density at radius 1 is 0.706 bits per heavy atom. The monoisotopic (exact) mass is 851 g/mol. The van der Waals surface area contributed by atoms with Crippen LogP contribution in [0.1, 0.15) is 62.3 Å². The van der Waals surface area contributed by atoms with Crippen LogP contribution in [0.3, 0.4) is 0 Å². The fourth-order valence-corrected chi connectivity index (χ4v) is 6.38. The molecule has 7 heteroatoms. The van der Waals surface area contributed by atoms with E-state index < -0.39 is 6.85 Å². The smallest absolute Gasteiger partial charge is 0.269 e. The van der Waals surface area contributed by atoms with Crippen molar-refractivity contribution in [2.24, 2.45) is 0 Å². The quantitative estimate of drug-likeness (QED) is 0.128. The van der Waals surface area contributed by atoms with Gasteiger partial charge in [-0.25, -0.2) is 4.98 Å². The molecule has 0 radical (unpaired) electrons. The Morgan fingerprint density at radius 3 is 2.14 bits per heavy atom. The molecule has 0 atom stereocenters. The van der Waals surface area contributed by atoms with Gasteiger partial charge in [0.1, 0.15) is 5.82 Å². The first-order chi connectivity index (χ1) is 25.1. The molecule has 0 saturated carbocycles. The molecule has 0 bridgehead atoms. The summed E-state index contributed by atoms with van der Waals surface area (Å²) in [6.07, 6.45) is 6.81. The van der Waals surface area contributed by atoms with Gasteiger partial charge in [-0.05, 0) is 75.8 Å². The molecule has 4 heterocycles. The van der Waals surface area contributed by atoms with Crippen LogP contribution in [0.5, 0.6) is 11.5 Å². The molecule has 0 amide bonds. The van der Waals surface area contributed by atoms with Crippen molar-refractivity contribution in [1.82, 2.24) is 19.1 Å². The van der Waals surface area contributed by atoms with E-state index in [0.29, 0.717) is 28.7 Å². The van der Waals surface area contributed by atoms with Gasteiger partial charge < -0.3 is 9.30 Å². The summed E-state index contributed by atoms with van der Waals surface area (Å²) in [6.45, 7) is 11.2. The molecule has 6 nitrogen and oxygen atoms in total. The minimum Gasteiger partial charge on any atom is -0.522 e. The van der Waals surface area contributed by atoms with E-state index in [4.69, 9.17) is 13.8 Å². The van der Waals surface area contributed by atoms with Gasteiger partial charge >= 0.3 is 0 Å². The molecule has 0 spiro atoms. The number of ether oxygens (including phenoxy) is 1. The first-order valence-electron chi connectivity index (χ1n) is 18.3. The third kappa shape index (κ3) is 6.38. The van der Waals surface area contributed by atoms with Gasteiger partial charge in [0.05, 0.1) is 22.5 Å². The van der Waals surface area contributed by atoms with Crippen LogP contribution in [0.15, 0.2) is 109 Å². The summed E-state index contributed by atoms with van der Waals surface area (Å²) in [5.74, 6) is 1.94. The van der Waals surface area contributed by atoms with E-state index in [0.717, 1.165) is 33.0 Å². The van der Waals surface area contributed by atoms with E-state index in [9.17, 15) is 0 Å². The molecule has 0 aliphatic heterocycles. The second kappa shape index (κ2) is 12.9. The fourth-order valence-electron chi connectivity index (χ4n) is 6.38. The number of hydrogen-bond acceptors (Lipinski definition) is 3. The van der Waals surface area contributed by atoms with E-state index in [2.05, 4.69) is 99.9 Å². The number of para-hydroxylation sites is 3. The molecular formula is C44H39N5OPt-2. The van der Waals surface area contributed by atoms with E-state index in [-0.39, 0.29) is 37.5 Å². The van der Waals surface area contributed by atoms with Gasteiger partial charge in [0.15, 0.2) is 0 Å². The molecule has 0 N–H and O–H groups in total. The Hall–Kier alpha value is -5.06. The molecule has 4 aromatic carbocycles. The topological polar surface area (TPSA) is 48.8 Å². The van der Waals surface area contributed by atoms with Crippen LogP contribution in [0.25, 0.3) is 50.2 Å². The molecule has 258 valence electrons. The number of fused-ring (bicyclic) bond motifs is 4. The largest absolute Gasteiger partial charge is 0.522 e. The Balaban J connectivity index is 0.00000450. The molecule has 0 aliphatic carbocycles. The average molecular weight is 852 g/mol. The number of rotatable bonds is 5. The summed E-state index contributed by atoms with van der Waals surface area (Å²) in [5.41, 5.74) is 7.19. The van der Waals surface area contributed by atoms with Crippen LogP contribution in [-0.4, -0.2) is 19.1 Å². The predicted molar refractivity (Wildman–Crippen MR) is 200 cm³/mol. The third-order valence-electron chi connectivity index (χ3n) is 9.09. The first kappa shape index (κ1) is 30.7. The van der Waals surface area contributed by atoms with E-state index in [1.165, 1.54) is 23.4 Å². The van der Waals surface area contributed by atoms with Crippen LogP contribution < -0.4 is 9.30 Å².